The molecule has 1 atom stereocenters. The summed E-state index contributed by atoms with van der Waals surface area (Å²) in [5.74, 6) is 0. The molecule has 0 unspecified atom stereocenters. The van der Waals surface area contributed by atoms with E-state index in [0.717, 1.165) is 6.54 Å². The summed E-state index contributed by atoms with van der Waals surface area (Å²) < 4.78 is 39.3. The van der Waals surface area contributed by atoms with E-state index in [0.29, 0.717) is 13.0 Å². The summed E-state index contributed by atoms with van der Waals surface area (Å²) in [5.41, 5.74) is 0. The van der Waals surface area contributed by atoms with Crippen LogP contribution in [0.3, 0.4) is 0 Å². The largest absolute Gasteiger partial charge is 0.411 e. The number of hydrogen-bond donors (Lipinski definition) is 1. The summed E-state index contributed by atoms with van der Waals surface area (Å²) in [6.45, 7) is 0.165. The predicted octanol–water partition coefficient (Wildman–Crippen LogP) is 0.927. The number of halogens is 3. The van der Waals surface area contributed by atoms with Crippen LogP contribution >= 0.6 is 0 Å². The highest BCUT2D eigenvalue weighted by atomic mass is 19.4. The van der Waals surface area contributed by atoms with Crippen molar-refractivity contribution in [2.75, 3.05) is 19.7 Å². The zero-order chi connectivity index (χ0) is 8.32. The van der Waals surface area contributed by atoms with E-state index in [-0.39, 0.29) is 6.10 Å². The lowest BCUT2D eigenvalue weighted by Gasteiger charge is -2.11. The van der Waals surface area contributed by atoms with Gasteiger partial charge in [-0.3, -0.25) is 0 Å². The summed E-state index contributed by atoms with van der Waals surface area (Å²) in [6.07, 6.45) is -3.77. The normalized spacial score (nSPS) is 25.9. The van der Waals surface area contributed by atoms with Gasteiger partial charge in [-0.05, 0) is 13.0 Å². The van der Waals surface area contributed by atoms with E-state index >= 15 is 0 Å². The first kappa shape index (κ1) is 8.80. The van der Waals surface area contributed by atoms with Gasteiger partial charge in [0.15, 0.2) is 0 Å². The van der Waals surface area contributed by atoms with Crippen LogP contribution in [-0.4, -0.2) is 32.0 Å². The quantitative estimate of drug-likeness (QED) is 0.663. The Morgan fingerprint density at radius 2 is 2.18 bits per heavy atom. The molecule has 1 aliphatic rings. The molecule has 0 radical (unpaired) electrons. The Morgan fingerprint density at radius 1 is 1.45 bits per heavy atom. The van der Waals surface area contributed by atoms with E-state index in [1.165, 1.54) is 0 Å². The molecule has 0 aliphatic carbocycles. The van der Waals surface area contributed by atoms with Crippen LogP contribution < -0.4 is 5.32 Å². The Hall–Kier alpha value is -0.290. The van der Waals surface area contributed by atoms with Crippen molar-refractivity contribution < 1.29 is 17.9 Å². The van der Waals surface area contributed by atoms with Crippen molar-refractivity contribution in [1.29, 1.82) is 0 Å². The minimum atomic E-state index is -4.19. The monoisotopic (exact) mass is 169 g/mol. The van der Waals surface area contributed by atoms with Crippen molar-refractivity contribution in [3.8, 4) is 0 Å². The molecule has 0 aromatic heterocycles. The van der Waals surface area contributed by atoms with Crippen molar-refractivity contribution in [3.63, 3.8) is 0 Å². The van der Waals surface area contributed by atoms with Crippen LogP contribution in [0, 0.1) is 0 Å². The van der Waals surface area contributed by atoms with E-state index in [2.05, 4.69) is 10.1 Å². The molecular formula is C6H10F3NO. The maximum atomic E-state index is 11.6. The molecule has 0 spiro atoms. The zero-order valence-electron chi connectivity index (χ0n) is 5.95. The smallest absolute Gasteiger partial charge is 0.367 e. The summed E-state index contributed by atoms with van der Waals surface area (Å²) in [6, 6.07) is 0. The molecule has 1 saturated heterocycles. The topological polar surface area (TPSA) is 21.3 Å². The Balaban J connectivity index is 2.11. The van der Waals surface area contributed by atoms with Gasteiger partial charge in [0.1, 0.15) is 6.61 Å². The number of alkyl halides is 3. The molecule has 1 aliphatic heterocycles. The SMILES string of the molecule is FC(F)(F)CO[C@@H]1CCNC1. The molecule has 66 valence electrons. The third-order valence-electron chi connectivity index (χ3n) is 1.50. The fourth-order valence-corrected chi connectivity index (χ4v) is 0.983. The molecule has 1 fully saturated rings. The second-order valence-corrected chi connectivity index (χ2v) is 2.54. The Bertz CT molecular complexity index is 119. The lowest BCUT2D eigenvalue weighted by Crippen LogP contribution is -2.24. The molecule has 1 N–H and O–H groups in total. The van der Waals surface area contributed by atoms with E-state index in [4.69, 9.17) is 0 Å². The highest BCUT2D eigenvalue weighted by molar-refractivity contribution is 4.71. The van der Waals surface area contributed by atoms with Crippen LogP contribution in [-0.2, 0) is 4.74 Å². The third kappa shape index (κ3) is 3.57. The van der Waals surface area contributed by atoms with Crippen LogP contribution in [0.2, 0.25) is 0 Å². The van der Waals surface area contributed by atoms with Crippen molar-refractivity contribution in [2.24, 2.45) is 0 Å². The molecule has 1 rings (SSSR count). The summed E-state index contributed by atoms with van der Waals surface area (Å²) in [7, 11) is 0. The average molecular weight is 169 g/mol. The van der Waals surface area contributed by atoms with Gasteiger partial charge >= 0.3 is 6.18 Å². The van der Waals surface area contributed by atoms with Crippen LogP contribution in [0.5, 0.6) is 0 Å². The van der Waals surface area contributed by atoms with Gasteiger partial charge < -0.3 is 10.1 Å². The van der Waals surface area contributed by atoms with Gasteiger partial charge in [0.25, 0.3) is 0 Å². The number of hydrogen-bond acceptors (Lipinski definition) is 2. The minimum absolute atomic E-state index is 0.253. The van der Waals surface area contributed by atoms with Gasteiger partial charge in [-0.1, -0.05) is 0 Å². The van der Waals surface area contributed by atoms with Gasteiger partial charge in [0.05, 0.1) is 6.10 Å². The van der Waals surface area contributed by atoms with E-state index in [1.54, 1.807) is 0 Å². The van der Waals surface area contributed by atoms with E-state index in [9.17, 15) is 13.2 Å². The van der Waals surface area contributed by atoms with Crippen molar-refractivity contribution in [1.82, 2.24) is 5.32 Å². The fourth-order valence-electron chi connectivity index (χ4n) is 0.983. The first-order valence-electron chi connectivity index (χ1n) is 3.47. The summed E-state index contributed by atoms with van der Waals surface area (Å²) in [4.78, 5) is 0. The van der Waals surface area contributed by atoms with Crippen LogP contribution in [0.15, 0.2) is 0 Å². The highest BCUT2D eigenvalue weighted by Gasteiger charge is 2.29. The Kier molecular flexibility index (Phi) is 2.72. The number of rotatable bonds is 2. The maximum Gasteiger partial charge on any atom is 0.411 e. The second kappa shape index (κ2) is 3.40. The third-order valence-corrected chi connectivity index (χ3v) is 1.50. The van der Waals surface area contributed by atoms with Crippen molar-refractivity contribution in [2.45, 2.75) is 18.7 Å². The van der Waals surface area contributed by atoms with Gasteiger partial charge in [-0.25, -0.2) is 0 Å². The summed E-state index contributed by atoms with van der Waals surface area (Å²) in [5, 5.41) is 2.92. The molecule has 1 heterocycles. The lowest BCUT2D eigenvalue weighted by atomic mass is 10.3. The molecule has 11 heavy (non-hydrogen) atoms. The molecule has 2 nitrogen and oxygen atoms in total. The van der Waals surface area contributed by atoms with Crippen molar-refractivity contribution >= 4 is 0 Å². The first-order chi connectivity index (χ1) is 5.08. The lowest BCUT2D eigenvalue weighted by molar-refractivity contribution is -0.183. The van der Waals surface area contributed by atoms with Crippen LogP contribution in [0.25, 0.3) is 0 Å². The van der Waals surface area contributed by atoms with Gasteiger partial charge in [-0.2, -0.15) is 13.2 Å². The van der Waals surface area contributed by atoms with Crippen molar-refractivity contribution in [3.05, 3.63) is 0 Å². The Labute approximate surface area is 62.7 Å². The minimum Gasteiger partial charge on any atom is -0.367 e. The second-order valence-electron chi connectivity index (χ2n) is 2.54. The van der Waals surface area contributed by atoms with E-state index < -0.39 is 12.8 Å². The Morgan fingerprint density at radius 3 is 2.64 bits per heavy atom. The zero-order valence-corrected chi connectivity index (χ0v) is 5.95. The van der Waals surface area contributed by atoms with E-state index in [1.807, 2.05) is 0 Å². The number of ether oxygens (including phenoxy) is 1. The van der Waals surface area contributed by atoms with Crippen LogP contribution in [0.4, 0.5) is 13.2 Å². The summed E-state index contributed by atoms with van der Waals surface area (Å²) >= 11 is 0. The fraction of sp³-hybridized carbons (Fsp3) is 1.00. The maximum absolute atomic E-state index is 11.6. The average Bonchev–Trinajstić information content (AvgIpc) is 2.32. The van der Waals surface area contributed by atoms with Gasteiger partial charge in [0, 0.05) is 6.54 Å². The van der Waals surface area contributed by atoms with Gasteiger partial charge in [0.2, 0.25) is 0 Å². The molecule has 0 bridgehead atoms. The molecule has 0 saturated carbocycles. The predicted molar refractivity (Wildman–Crippen MR) is 33.3 cm³/mol. The highest BCUT2D eigenvalue weighted by Crippen LogP contribution is 2.16. The molecule has 0 amide bonds. The van der Waals surface area contributed by atoms with Crippen LogP contribution in [0.1, 0.15) is 6.42 Å². The standard InChI is InChI=1S/C6H10F3NO/c7-6(8,9)4-11-5-1-2-10-3-5/h5,10H,1-4H2/t5-/m1/s1. The molecular weight excluding hydrogens is 159 g/mol. The number of nitrogens with one attached hydrogen (secondary N) is 1. The molecule has 0 aromatic rings. The molecule has 0 aromatic carbocycles. The molecule has 5 heteroatoms. The van der Waals surface area contributed by atoms with Gasteiger partial charge in [-0.15, -0.1) is 0 Å². The first-order valence-corrected chi connectivity index (χ1v) is 3.47.